The molecule has 16 heavy (non-hydrogen) atoms. The van der Waals surface area contributed by atoms with E-state index >= 15 is 0 Å². The fourth-order valence-electron chi connectivity index (χ4n) is 1.22. The van der Waals surface area contributed by atoms with Crippen LogP contribution in [0.2, 0.25) is 5.15 Å². The minimum atomic E-state index is 0.526. The van der Waals surface area contributed by atoms with Crippen LogP contribution in [0.4, 0.5) is 0 Å². The number of halogens is 2. The quantitative estimate of drug-likeness (QED) is 0.747. The Kier molecular flexibility index (Phi) is 6.08. The second kappa shape index (κ2) is 6.82. The fraction of sp³-hybridized carbons (Fsp3) is 0.636. The summed E-state index contributed by atoms with van der Waals surface area (Å²) in [6.07, 6.45) is 1.99. The van der Waals surface area contributed by atoms with Gasteiger partial charge in [-0.25, -0.2) is 9.97 Å². The van der Waals surface area contributed by atoms with Gasteiger partial charge in [-0.1, -0.05) is 38.8 Å². The van der Waals surface area contributed by atoms with Crippen LogP contribution in [0.25, 0.3) is 0 Å². The molecule has 1 aromatic rings. The first-order valence-corrected chi connectivity index (χ1v) is 7.59. The molecule has 1 heterocycles. The molecule has 0 aliphatic carbocycles. The van der Waals surface area contributed by atoms with Gasteiger partial charge in [0.25, 0.3) is 0 Å². The summed E-state index contributed by atoms with van der Waals surface area (Å²) in [7, 11) is 0. The van der Waals surface area contributed by atoms with E-state index in [0.29, 0.717) is 10.4 Å². The summed E-state index contributed by atoms with van der Waals surface area (Å²) in [4.78, 5) is 8.81. The highest BCUT2D eigenvalue weighted by Crippen LogP contribution is 2.26. The van der Waals surface area contributed by atoms with Crippen LogP contribution in [0.3, 0.4) is 0 Å². The van der Waals surface area contributed by atoms with Crippen molar-refractivity contribution in [1.82, 2.24) is 9.97 Å². The van der Waals surface area contributed by atoms with E-state index in [1.807, 2.05) is 11.8 Å². The number of aryl methyl sites for hydroxylation is 1. The molecule has 1 rings (SSSR count). The lowest BCUT2D eigenvalue weighted by Crippen LogP contribution is -2.02. The minimum Gasteiger partial charge on any atom is -0.236 e. The standard InChI is InChI=1S/C11H16BrClN2S/c1-4-5-8-10(12)11(13)15-9(14-8)6-16-7(2)3/h7H,4-6H2,1-3H3. The SMILES string of the molecule is CCCc1nc(CSC(C)C)nc(Cl)c1Br. The normalized spacial score (nSPS) is 11.1. The second-order valence-electron chi connectivity index (χ2n) is 3.80. The van der Waals surface area contributed by atoms with Gasteiger partial charge in [-0.2, -0.15) is 11.8 Å². The summed E-state index contributed by atoms with van der Waals surface area (Å²) >= 11 is 11.3. The molecule has 0 bridgehead atoms. The topological polar surface area (TPSA) is 25.8 Å². The van der Waals surface area contributed by atoms with Crippen LogP contribution in [-0.2, 0) is 12.2 Å². The van der Waals surface area contributed by atoms with Crippen LogP contribution in [0, 0.1) is 0 Å². The highest BCUT2D eigenvalue weighted by Gasteiger charge is 2.10. The Balaban J connectivity index is 2.86. The molecule has 0 spiro atoms. The molecule has 1 aromatic heterocycles. The van der Waals surface area contributed by atoms with Crippen molar-refractivity contribution in [2.45, 2.75) is 44.6 Å². The maximum Gasteiger partial charge on any atom is 0.147 e. The van der Waals surface area contributed by atoms with Gasteiger partial charge in [-0.3, -0.25) is 0 Å². The third-order valence-corrected chi connectivity index (χ3v) is 4.38. The molecule has 0 saturated carbocycles. The Labute approximate surface area is 115 Å². The third kappa shape index (κ3) is 4.22. The van der Waals surface area contributed by atoms with Gasteiger partial charge >= 0.3 is 0 Å². The molecule has 0 N–H and O–H groups in total. The van der Waals surface area contributed by atoms with Gasteiger partial charge in [0, 0.05) is 0 Å². The van der Waals surface area contributed by atoms with Crippen molar-refractivity contribution in [2.75, 3.05) is 0 Å². The largest absolute Gasteiger partial charge is 0.236 e. The van der Waals surface area contributed by atoms with E-state index < -0.39 is 0 Å². The Bertz CT molecular complexity index is 358. The molecule has 0 aromatic carbocycles. The van der Waals surface area contributed by atoms with E-state index in [0.717, 1.165) is 34.6 Å². The molecule has 0 aliphatic heterocycles. The molecule has 0 aliphatic rings. The second-order valence-corrected chi connectivity index (χ2v) is 6.52. The molecule has 5 heteroatoms. The zero-order valence-corrected chi connectivity index (χ0v) is 12.9. The molecule has 0 atom stereocenters. The first-order valence-electron chi connectivity index (χ1n) is 5.37. The molecular weight excluding hydrogens is 308 g/mol. The first kappa shape index (κ1) is 14.3. The van der Waals surface area contributed by atoms with Crippen molar-refractivity contribution >= 4 is 39.3 Å². The maximum absolute atomic E-state index is 6.06. The Morgan fingerprint density at radius 1 is 1.38 bits per heavy atom. The summed E-state index contributed by atoms with van der Waals surface area (Å²) in [5.41, 5.74) is 1.02. The van der Waals surface area contributed by atoms with Gasteiger partial charge < -0.3 is 0 Å². The zero-order valence-electron chi connectivity index (χ0n) is 9.76. The molecule has 0 saturated heterocycles. The number of thioether (sulfide) groups is 1. The fourth-order valence-corrected chi connectivity index (χ4v) is 2.41. The highest BCUT2D eigenvalue weighted by molar-refractivity contribution is 9.10. The molecule has 90 valence electrons. The Hall–Kier alpha value is 0.200. The summed E-state index contributed by atoms with van der Waals surface area (Å²) in [5, 5.41) is 1.11. The van der Waals surface area contributed by atoms with Crippen molar-refractivity contribution in [3.05, 3.63) is 21.1 Å². The number of hydrogen-bond acceptors (Lipinski definition) is 3. The lowest BCUT2D eigenvalue weighted by molar-refractivity contribution is 0.845. The number of hydrogen-bond donors (Lipinski definition) is 0. The molecule has 0 fully saturated rings. The van der Waals surface area contributed by atoms with Crippen LogP contribution in [-0.4, -0.2) is 15.2 Å². The van der Waals surface area contributed by atoms with Crippen molar-refractivity contribution in [3.8, 4) is 0 Å². The highest BCUT2D eigenvalue weighted by atomic mass is 79.9. The lowest BCUT2D eigenvalue weighted by Gasteiger charge is -2.08. The number of rotatable bonds is 5. The van der Waals surface area contributed by atoms with E-state index in [9.17, 15) is 0 Å². The first-order chi connectivity index (χ1) is 7.54. The zero-order chi connectivity index (χ0) is 12.1. The average Bonchev–Trinajstić information content (AvgIpc) is 2.22. The molecule has 0 radical (unpaired) electrons. The smallest absolute Gasteiger partial charge is 0.147 e. The van der Waals surface area contributed by atoms with Crippen molar-refractivity contribution in [3.63, 3.8) is 0 Å². The van der Waals surface area contributed by atoms with Gasteiger partial charge in [-0.05, 0) is 27.6 Å². The summed E-state index contributed by atoms with van der Waals surface area (Å²) in [6.45, 7) is 6.46. The Morgan fingerprint density at radius 3 is 2.62 bits per heavy atom. The Morgan fingerprint density at radius 2 is 2.06 bits per heavy atom. The van der Waals surface area contributed by atoms with E-state index in [2.05, 4.69) is 46.7 Å². The summed E-state index contributed by atoms with van der Waals surface area (Å²) in [6, 6.07) is 0. The monoisotopic (exact) mass is 322 g/mol. The maximum atomic E-state index is 6.06. The predicted octanol–water partition coefficient (Wildman–Crippen LogP) is 4.49. The van der Waals surface area contributed by atoms with E-state index in [-0.39, 0.29) is 0 Å². The third-order valence-electron chi connectivity index (χ3n) is 1.96. The van der Waals surface area contributed by atoms with Crippen molar-refractivity contribution in [1.29, 1.82) is 0 Å². The number of nitrogens with zero attached hydrogens (tertiary/aromatic N) is 2. The van der Waals surface area contributed by atoms with Gasteiger partial charge in [0.05, 0.1) is 15.9 Å². The molecule has 2 nitrogen and oxygen atoms in total. The summed E-state index contributed by atoms with van der Waals surface area (Å²) in [5.74, 6) is 1.65. The van der Waals surface area contributed by atoms with Crippen LogP contribution in [0.5, 0.6) is 0 Å². The van der Waals surface area contributed by atoms with E-state index in [1.54, 1.807) is 0 Å². The van der Waals surface area contributed by atoms with Gasteiger partial charge in [0.15, 0.2) is 0 Å². The number of aromatic nitrogens is 2. The van der Waals surface area contributed by atoms with Crippen LogP contribution in [0.1, 0.15) is 38.7 Å². The molecular formula is C11H16BrClN2S. The molecule has 0 unspecified atom stereocenters. The van der Waals surface area contributed by atoms with Crippen LogP contribution in [0.15, 0.2) is 4.47 Å². The minimum absolute atomic E-state index is 0.526. The summed E-state index contributed by atoms with van der Waals surface area (Å²) < 4.78 is 0.842. The average molecular weight is 324 g/mol. The van der Waals surface area contributed by atoms with E-state index in [1.165, 1.54) is 0 Å². The van der Waals surface area contributed by atoms with Crippen LogP contribution < -0.4 is 0 Å². The lowest BCUT2D eigenvalue weighted by atomic mass is 10.2. The molecule has 0 amide bonds. The van der Waals surface area contributed by atoms with E-state index in [4.69, 9.17) is 11.6 Å². The van der Waals surface area contributed by atoms with Crippen molar-refractivity contribution < 1.29 is 0 Å². The van der Waals surface area contributed by atoms with Crippen LogP contribution >= 0.6 is 39.3 Å². The van der Waals surface area contributed by atoms with Crippen molar-refractivity contribution in [2.24, 2.45) is 0 Å². The predicted molar refractivity (Wildman–Crippen MR) is 75.2 cm³/mol. The van der Waals surface area contributed by atoms with Gasteiger partial charge in [-0.15, -0.1) is 0 Å². The van der Waals surface area contributed by atoms with Gasteiger partial charge in [0.1, 0.15) is 11.0 Å². The van der Waals surface area contributed by atoms with Gasteiger partial charge in [0.2, 0.25) is 0 Å².